The Morgan fingerprint density at radius 1 is 1.11 bits per heavy atom. The van der Waals surface area contributed by atoms with Gasteiger partial charge < -0.3 is 9.15 Å². The number of benzene rings is 1. The fourth-order valence-corrected chi connectivity index (χ4v) is 1.96. The molecule has 0 amide bonds. The van der Waals surface area contributed by atoms with Crippen LogP contribution < -0.4 is 4.74 Å². The van der Waals surface area contributed by atoms with Gasteiger partial charge in [0.15, 0.2) is 0 Å². The topological polar surface area (TPSA) is 25.6 Å². The van der Waals surface area contributed by atoms with E-state index in [4.69, 9.17) is 9.15 Å². The summed E-state index contributed by atoms with van der Waals surface area (Å²) in [6.07, 6.45) is 1.01. The molecule has 0 aliphatic rings. The van der Waals surface area contributed by atoms with Crippen molar-refractivity contribution in [3.8, 4) is 5.75 Å². The summed E-state index contributed by atoms with van der Waals surface area (Å²) in [4.78, 5) is 2.24. The summed E-state index contributed by atoms with van der Waals surface area (Å²) in [5, 5.41) is 0. The Labute approximate surface area is 114 Å². The number of hydrogen-bond acceptors (Lipinski definition) is 3. The summed E-state index contributed by atoms with van der Waals surface area (Å²) in [5.74, 6) is 2.92. The van der Waals surface area contributed by atoms with E-state index in [0.717, 1.165) is 43.4 Å². The number of nitrogens with zero attached hydrogens (tertiary/aromatic N) is 1. The van der Waals surface area contributed by atoms with E-state index in [1.54, 1.807) is 0 Å². The van der Waals surface area contributed by atoms with Crippen LogP contribution in [0.4, 0.5) is 0 Å². The van der Waals surface area contributed by atoms with Crippen molar-refractivity contribution in [1.29, 1.82) is 0 Å². The van der Waals surface area contributed by atoms with E-state index in [1.807, 2.05) is 49.4 Å². The molecule has 19 heavy (non-hydrogen) atoms. The van der Waals surface area contributed by atoms with Crippen LogP contribution in [0.5, 0.6) is 5.75 Å². The summed E-state index contributed by atoms with van der Waals surface area (Å²) in [5.41, 5.74) is 0. The molecule has 2 rings (SSSR count). The van der Waals surface area contributed by atoms with Crippen LogP contribution in [0, 0.1) is 6.92 Å². The number of rotatable bonds is 7. The average molecular weight is 259 g/mol. The van der Waals surface area contributed by atoms with Gasteiger partial charge in [0, 0.05) is 6.54 Å². The molecule has 0 fully saturated rings. The first-order valence-electron chi connectivity index (χ1n) is 6.66. The fraction of sp³-hybridized carbons (Fsp3) is 0.375. The van der Waals surface area contributed by atoms with Gasteiger partial charge in [0.2, 0.25) is 0 Å². The molecule has 102 valence electrons. The second-order valence-electron chi connectivity index (χ2n) is 4.77. The number of aryl methyl sites for hydroxylation is 1. The second-order valence-corrected chi connectivity index (χ2v) is 4.77. The van der Waals surface area contributed by atoms with Crippen molar-refractivity contribution in [3.63, 3.8) is 0 Å². The van der Waals surface area contributed by atoms with Crippen molar-refractivity contribution in [1.82, 2.24) is 4.90 Å². The van der Waals surface area contributed by atoms with Crippen molar-refractivity contribution in [2.75, 3.05) is 20.2 Å². The molecule has 0 aliphatic heterocycles. The van der Waals surface area contributed by atoms with Gasteiger partial charge in [-0.25, -0.2) is 0 Å². The van der Waals surface area contributed by atoms with Crippen molar-refractivity contribution in [2.45, 2.75) is 19.9 Å². The molecule has 0 unspecified atom stereocenters. The number of hydrogen-bond donors (Lipinski definition) is 0. The molecule has 0 N–H and O–H groups in total. The highest BCUT2D eigenvalue weighted by Crippen LogP contribution is 2.10. The highest BCUT2D eigenvalue weighted by atomic mass is 16.5. The molecule has 0 radical (unpaired) electrons. The van der Waals surface area contributed by atoms with E-state index in [-0.39, 0.29) is 0 Å². The summed E-state index contributed by atoms with van der Waals surface area (Å²) in [6, 6.07) is 14.0. The van der Waals surface area contributed by atoms with Gasteiger partial charge in [0.05, 0.1) is 13.2 Å². The summed E-state index contributed by atoms with van der Waals surface area (Å²) < 4.78 is 11.2. The third-order valence-corrected chi connectivity index (χ3v) is 2.92. The Kier molecular flexibility index (Phi) is 5.04. The van der Waals surface area contributed by atoms with Crippen LogP contribution in [-0.2, 0) is 6.54 Å². The summed E-state index contributed by atoms with van der Waals surface area (Å²) in [7, 11) is 2.10. The lowest BCUT2D eigenvalue weighted by atomic mass is 10.3. The minimum Gasteiger partial charge on any atom is -0.494 e. The van der Waals surface area contributed by atoms with Gasteiger partial charge in [-0.2, -0.15) is 0 Å². The Hall–Kier alpha value is -1.74. The van der Waals surface area contributed by atoms with Crippen LogP contribution in [0.25, 0.3) is 0 Å². The molecule has 0 bridgehead atoms. The van der Waals surface area contributed by atoms with Crippen LogP contribution in [-0.4, -0.2) is 25.1 Å². The molecule has 3 heteroatoms. The van der Waals surface area contributed by atoms with Crippen molar-refractivity contribution < 1.29 is 9.15 Å². The largest absolute Gasteiger partial charge is 0.494 e. The summed E-state index contributed by atoms with van der Waals surface area (Å²) in [6.45, 7) is 4.55. The van der Waals surface area contributed by atoms with Crippen LogP contribution in [0.2, 0.25) is 0 Å². The molecule has 0 atom stereocenters. The molecule has 1 heterocycles. The van der Waals surface area contributed by atoms with Gasteiger partial charge in [-0.1, -0.05) is 18.2 Å². The predicted octanol–water partition coefficient (Wildman–Crippen LogP) is 3.49. The minimum absolute atomic E-state index is 0.742. The molecule has 0 saturated carbocycles. The molecular weight excluding hydrogens is 238 g/mol. The lowest BCUT2D eigenvalue weighted by Crippen LogP contribution is -2.20. The van der Waals surface area contributed by atoms with Crippen molar-refractivity contribution in [3.05, 3.63) is 54.0 Å². The first kappa shape index (κ1) is 13.7. The Morgan fingerprint density at radius 3 is 2.58 bits per heavy atom. The number of ether oxygens (including phenoxy) is 1. The quantitative estimate of drug-likeness (QED) is 0.712. The van der Waals surface area contributed by atoms with E-state index >= 15 is 0 Å². The maximum Gasteiger partial charge on any atom is 0.119 e. The molecule has 3 nitrogen and oxygen atoms in total. The average Bonchev–Trinajstić information content (AvgIpc) is 2.81. The number of para-hydroxylation sites is 1. The third-order valence-electron chi connectivity index (χ3n) is 2.92. The lowest BCUT2D eigenvalue weighted by molar-refractivity contribution is 0.246. The highest BCUT2D eigenvalue weighted by molar-refractivity contribution is 5.20. The molecule has 1 aromatic carbocycles. The van der Waals surface area contributed by atoms with Gasteiger partial charge in [-0.15, -0.1) is 0 Å². The number of furan rings is 1. The van der Waals surface area contributed by atoms with Gasteiger partial charge >= 0.3 is 0 Å². The van der Waals surface area contributed by atoms with E-state index in [0.29, 0.717) is 0 Å². The Morgan fingerprint density at radius 2 is 1.89 bits per heavy atom. The van der Waals surface area contributed by atoms with Crippen LogP contribution >= 0.6 is 0 Å². The van der Waals surface area contributed by atoms with E-state index < -0.39 is 0 Å². The molecule has 0 saturated heterocycles. The zero-order valence-electron chi connectivity index (χ0n) is 11.6. The molecule has 0 aliphatic carbocycles. The van der Waals surface area contributed by atoms with Crippen LogP contribution in [0.15, 0.2) is 46.9 Å². The van der Waals surface area contributed by atoms with Gasteiger partial charge in [-0.05, 0) is 44.7 Å². The molecular formula is C16H21NO2. The van der Waals surface area contributed by atoms with Gasteiger partial charge in [0.25, 0.3) is 0 Å². The van der Waals surface area contributed by atoms with Gasteiger partial charge in [0.1, 0.15) is 17.3 Å². The van der Waals surface area contributed by atoms with Crippen LogP contribution in [0.1, 0.15) is 17.9 Å². The maximum absolute atomic E-state index is 5.66. The van der Waals surface area contributed by atoms with Crippen molar-refractivity contribution >= 4 is 0 Å². The summed E-state index contributed by atoms with van der Waals surface area (Å²) >= 11 is 0. The van der Waals surface area contributed by atoms with E-state index in [2.05, 4.69) is 11.9 Å². The first-order chi connectivity index (χ1) is 9.24. The smallest absolute Gasteiger partial charge is 0.119 e. The minimum atomic E-state index is 0.742. The standard InChI is InChI=1S/C16H21NO2/c1-14-9-10-16(19-14)13-17(2)11-6-12-18-15-7-4-3-5-8-15/h3-5,7-10H,6,11-13H2,1-2H3. The fourth-order valence-electron chi connectivity index (χ4n) is 1.96. The normalized spacial score (nSPS) is 10.9. The van der Waals surface area contributed by atoms with E-state index in [1.165, 1.54) is 0 Å². The zero-order valence-corrected chi connectivity index (χ0v) is 11.6. The Bertz CT molecular complexity index is 479. The maximum atomic E-state index is 5.66. The Balaban J connectivity index is 1.63. The monoisotopic (exact) mass is 259 g/mol. The SMILES string of the molecule is Cc1ccc(CN(C)CCCOc2ccccc2)o1. The van der Waals surface area contributed by atoms with Gasteiger partial charge in [-0.3, -0.25) is 4.90 Å². The first-order valence-corrected chi connectivity index (χ1v) is 6.66. The zero-order chi connectivity index (χ0) is 13.5. The lowest BCUT2D eigenvalue weighted by Gasteiger charge is -2.15. The van der Waals surface area contributed by atoms with Crippen LogP contribution in [0.3, 0.4) is 0 Å². The molecule has 2 aromatic rings. The van der Waals surface area contributed by atoms with Crippen molar-refractivity contribution in [2.24, 2.45) is 0 Å². The highest BCUT2D eigenvalue weighted by Gasteiger charge is 2.03. The van der Waals surface area contributed by atoms with E-state index in [9.17, 15) is 0 Å². The third kappa shape index (κ3) is 4.79. The molecule has 0 spiro atoms. The second kappa shape index (κ2) is 7.00. The molecule has 1 aromatic heterocycles. The predicted molar refractivity (Wildman–Crippen MR) is 76.3 cm³/mol.